The summed E-state index contributed by atoms with van der Waals surface area (Å²) >= 11 is 1.75. The standard InChI is InChI=1S/C23H26N2OS.C2H2O4/c1-27-23-21-11-6-5-10-20(21)22(26)25(23)15-7-14-24-16-12-19(13-17-24)18-8-3-2-4-9-18;3-1(4)2(5)6/h2-6,8-12,23H,7,13-17H2,1H3;(H,3,4)(H,5,6). The van der Waals surface area contributed by atoms with Gasteiger partial charge in [-0.25, -0.2) is 9.59 Å². The largest absolute Gasteiger partial charge is 0.473 e. The van der Waals surface area contributed by atoms with Crippen molar-refractivity contribution in [2.75, 3.05) is 32.4 Å². The van der Waals surface area contributed by atoms with Crippen molar-refractivity contribution < 1.29 is 24.6 Å². The maximum Gasteiger partial charge on any atom is 0.414 e. The maximum atomic E-state index is 12.7. The average molecular weight is 469 g/mol. The Morgan fingerprint density at radius 1 is 1.00 bits per heavy atom. The van der Waals surface area contributed by atoms with Gasteiger partial charge in [0.05, 0.1) is 0 Å². The minimum Gasteiger partial charge on any atom is -0.473 e. The van der Waals surface area contributed by atoms with Crippen molar-refractivity contribution in [3.63, 3.8) is 0 Å². The summed E-state index contributed by atoms with van der Waals surface area (Å²) in [6.07, 6.45) is 6.57. The molecule has 2 aromatic rings. The molecule has 174 valence electrons. The Balaban J connectivity index is 0.000000454. The van der Waals surface area contributed by atoms with E-state index in [2.05, 4.69) is 53.6 Å². The fourth-order valence-corrected chi connectivity index (χ4v) is 5.02. The number of benzene rings is 2. The molecule has 8 heteroatoms. The van der Waals surface area contributed by atoms with Crippen LogP contribution in [0.15, 0.2) is 60.7 Å². The van der Waals surface area contributed by atoms with Crippen molar-refractivity contribution >= 4 is 35.2 Å². The molecule has 2 N–H and O–H groups in total. The molecule has 0 aliphatic carbocycles. The van der Waals surface area contributed by atoms with Crippen LogP contribution in [-0.4, -0.2) is 70.3 Å². The van der Waals surface area contributed by atoms with Crippen LogP contribution >= 0.6 is 11.8 Å². The van der Waals surface area contributed by atoms with Crippen LogP contribution < -0.4 is 0 Å². The fraction of sp³-hybridized carbons (Fsp3) is 0.320. The monoisotopic (exact) mass is 468 g/mol. The molecule has 0 bridgehead atoms. The lowest BCUT2D eigenvalue weighted by atomic mass is 9.99. The van der Waals surface area contributed by atoms with Gasteiger partial charge in [0.2, 0.25) is 0 Å². The van der Waals surface area contributed by atoms with Crippen molar-refractivity contribution in [1.82, 2.24) is 9.80 Å². The van der Waals surface area contributed by atoms with E-state index in [9.17, 15) is 4.79 Å². The van der Waals surface area contributed by atoms with Gasteiger partial charge in [-0.05, 0) is 41.9 Å². The molecule has 1 atom stereocenters. The van der Waals surface area contributed by atoms with Crippen LogP contribution in [0.3, 0.4) is 0 Å². The van der Waals surface area contributed by atoms with Crippen LogP contribution in [0.1, 0.15) is 39.7 Å². The van der Waals surface area contributed by atoms with Gasteiger partial charge in [-0.2, -0.15) is 0 Å². The van der Waals surface area contributed by atoms with Gasteiger partial charge in [0.15, 0.2) is 0 Å². The number of amides is 1. The fourth-order valence-electron chi connectivity index (χ4n) is 4.10. The molecule has 0 radical (unpaired) electrons. The first-order valence-electron chi connectivity index (χ1n) is 10.8. The van der Waals surface area contributed by atoms with E-state index in [1.807, 2.05) is 23.1 Å². The number of carboxylic acid groups (broad SMARTS) is 2. The number of aliphatic carboxylic acids is 2. The third kappa shape index (κ3) is 6.24. The van der Waals surface area contributed by atoms with Crippen LogP contribution in [0.2, 0.25) is 0 Å². The molecule has 2 aliphatic rings. The molecule has 1 amide bonds. The van der Waals surface area contributed by atoms with Gasteiger partial charge < -0.3 is 15.1 Å². The SMILES string of the molecule is CSC1c2ccccc2C(=O)N1CCCN1CC=C(c2ccccc2)CC1.O=C(O)C(=O)O. The Labute approximate surface area is 197 Å². The third-order valence-electron chi connectivity index (χ3n) is 5.72. The molecule has 1 unspecified atom stereocenters. The van der Waals surface area contributed by atoms with E-state index in [1.165, 1.54) is 16.7 Å². The number of hydrogen-bond donors (Lipinski definition) is 2. The molecule has 33 heavy (non-hydrogen) atoms. The summed E-state index contributed by atoms with van der Waals surface area (Å²) in [6, 6.07) is 18.7. The minimum atomic E-state index is -1.82. The highest BCUT2D eigenvalue weighted by molar-refractivity contribution is 7.98. The third-order valence-corrected chi connectivity index (χ3v) is 6.67. The van der Waals surface area contributed by atoms with E-state index in [4.69, 9.17) is 19.8 Å². The topological polar surface area (TPSA) is 98.2 Å². The quantitative estimate of drug-likeness (QED) is 0.622. The average Bonchev–Trinajstić information content (AvgIpc) is 3.11. The van der Waals surface area contributed by atoms with E-state index in [-0.39, 0.29) is 11.3 Å². The number of carbonyl (C=O) groups is 3. The van der Waals surface area contributed by atoms with E-state index in [0.29, 0.717) is 0 Å². The molecule has 2 heterocycles. The molecular formula is C25H28N2O5S. The van der Waals surface area contributed by atoms with E-state index < -0.39 is 11.9 Å². The molecule has 0 aromatic heterocycles. The number of fused-ring (bicyclic) bond motifs is 1. The van der Waals surface area contributed by atoms with Gasteiger partial charge in [0.25, 0.3) is 5.91 Å². The molecule has 0 saturated heterocycles. The molecule has 7 nitrogen and oxygen atoms in total. The van der Waals surface area contributed by atoms with Crippen molar-refractivity contribution in [2.24, 2.45) is 0 Å². The van der Waals surface area contributed by atoms with Crippen LogP contribution in [0, 0.1) is 0 Å². The van der Waals surface area contributed by atoms with E-state index in [1.54, 1.807) is 11.8 Å². The van der Waals surface area contributed by atoms with E-state index >= 15 is 0 Å². The number of carbonyl (C=O) groups excluding carboxylic acids is 1. The summed E-state index contributed by atoms with van der Waals surface area (Å²) in [5.41, 5.74) is 4.86. The number of nitrogens with zero attached hydrogens (tertiary/aromatic N) is 2. The Hall–Kier alpha value is -3.10. The Morgan fingerprint density at radius 2 is 1.67 bits per heavy atom. The normalized spacial score (nSPS) is 17.6. The second kappa shape index (κ2) is 11.7. The predicted molar refractivity (Wildman–Crippen MR) is 129 cm³/mol. The van der Waals surface area contributed by atoms with E-state index in [0.717, 1.165) is 44.6 Å². The smallest absolute Gasteiger partial charge is 0.414 e. The maximum absolute atomic E-state index is 12.7. The molecule has 0 fully saturated rings. The second-order valence-electron chi connectivity index (χ2n) is 7.78. The van der Waals surface area contributed by atoms with Crippen LogP contribution in [0.25, 0.3) is 5.57 Å². The lowest BCUT2D eigenvalue weighted by Crippen LogP contribution is -2.33. The zero-order valence-corrected chi connectivity index (χ0v) is 19.3. The van der Waals surface area contributed by atoms with Gasteiger partial charge in [-0.3, -0.25) is 9.69 Å². The lowest BCUT2D eigenvalue weighted by molar-refractivity contribution is -0.159. The zero-order chi connectivity index (χ0) is 23.8. The summed E-state index contributed by atoms with van der Waals surface area (Å²) in [6.45, 7) is 3.97. The van der Waals surface area contributed by atoms with Crippen molar-refractivity contribution in [3.05, 3.63) is 77.4 Å². The molecule has 2 aliphatic heterocycles. The number of thioether (sulfide) groups is 1. The van der Waals surface area contributed by atoms with Gasteiger partial charge in [-0.15, -0.1) is 11.8 Å². The summed E-state index contributed by atoms with van der Waals surface area (Å²) in [7, 11) is 0. The highest BCUT2D eigenvalue weighted by Gasteiger charge is 2.35. The molecular weight excluding hydrogens is 440 g/mol. The van der Waals surface area contributed by atoms with Crippen molar-refractivity contribution in [2.45, 2.75) is 18.2 Å². The zero-order valence-electron chi connectivity index (χ0n) is 18.5. The van der Waals surface area contributed by atoms with Crippen LogP contribution in [0.4, 0.5) is 0 Å². The molecule has 0 saturated carbocycles. The van der Waals surface area contributed by atoms with Crippen molar-refractivity contribution in [1.29, 1.82) is 0 Å². The van der Waals surface area contributed by atoms with Gasteiger partial charge >= 0.3 is 11.9 Å². The second-order valence-corrected chi connectivity index (χ2v) is 8.70. The summed E-state index contributed by atoms with van der Waals surface area (Å²) in [4.78, 5) is 35.5. The number of carboxylic acids is 2. The molecule has 4 rings (SSSR count). The Kier molecular flexibility index (Phi) is 8.68. The molecule has 0 spiro atoms. The first-order valence-corrected chi connectivity index (χ1v) is 12.1. The van der Waals surface area contributed by atoms with Crippen LogP contribution in [0.5, 0.6) is 0 Å². The minimum absolute atomic E-state index is 0.166. The highest BCUT2D eigenvalue weighted by Crippen LogP contribution is 2.40. The number of hydrogen-bond acceptors (Lipinski definition) is 5. The van der Waals surface area contributed by atoms with Gasteiger partial charge in [-0.1, -0.05) is 54.6 Å². The predicted octanol–water partition coefficient (Wildman–Crippen LogP) is 3.84. The molecule has 2 aromatic carbocycles. The number of rotatable bonds is 6. The van der Waals surface area contributed by atoms with Gasteiger partial charge in [0, 0.05) is 31.7 Å². The highest BCUT2D eigenvalue weighted by atomic mass is 32.2. The summed E-state index contributed by atoms with van der Waals surface area (Å²) < 4.78 is 0. The first kappa shape index (κ1) is 24.5. The Bertz CT molecular complexity index is 1010. The van der Waals surface area contributed by atoms with Gasteiger partial charge in [0.1, 0.15) is 5.37 Å². The van der Waals surface area contributed by atoms with Crippen LogP contribution in [-0.2, 0) is 9.59 Å². The summed E-state index contributed by atoms with van der Waals surface area (Å²) in [5, 5.41) is 14.9. The lowest BCUT2D eigenvalue weighted by Gasteiger charge is -2.28. The summed E-state index contributed by atoms with van der Waals surface area (Å²) in [5.74, 6) is -3.46. The first-order chi connectivity index (χ1) is 15.9. The Morgan fingerprint density at radius 3 is 2.27 bits per heavy atom. The van der Waals surface area contributed by atoms with Crippen molar-refractivity contribution in [3.8, 4) is 0 Å².